The van der Waals surface area contributed by atoms with E-state index in [0.717, 1.165) is 18.4 Å². The van der Waals surface area contributed by atoms with Gasteiger partial charge in [0.2, 0.25) is 0 Å². The topological polar surface area (TPSA) is 81.5 Å². The summed E-state index contributed by atoms with van der Waals surface area (Å²) in [7, 11) is 0. The van der Waals surface area contributed by atoms with Gasteiger partial charge in [0, 0.05) is 6.08 Å². The van der Waals surface area contributed by atoms with Crippen molar-refractivity contribution in [3.63, 3.8) is 0 Å². The summed E-state index contributed by atoms with van der Waals surface area (Å²) in [6.07, 6.45) is 3.38. The number of carbonyl (C=O) groups is 1. The maximum Gasteiger partial charge on any atom is 0.273 e. The molecule has 0 saturated carbocycles. The van der Waals surface area contributed by atoms with Crippen molar-refractivity contribution < 1.29 is 4.79 Å². The van der Waals surface area contributed by atoms with Crippen LogP contribution in [0.4, 0.5) is 0 Å². The second-order valence-corrected chi connectivity index (χ2v) is 4.60. The first kappa shape index (κ1) is 12.4. The molecule has 1 aromatic rings. The number of carbonyl (C=O) groups excluding carboxylic acids is 1. The highest BCUT2D eigenvalue weighted by Gasteiger charge is 2.20. The molecule has 1 aliphatic rings. The van der Waals surface area contributed by atoms with E-state index in [2.05, 4.69) is 31.0 Å². The summed E-state index contributed by atoms with van der Waals surface area (Å²) in [6.45, 7) is 4.15. The van der Waals surface area contributed by atoms with Crippen molar-refractivity contribution in [3.8, 4) is 0 Å². The van der Waals surface area contributed by atoms with E-state index in [0.29, 0.717) is 0 Å². The maximum absolute atomic E-state index is 11.6. The smallest absolute Gasteiger partial charge is 0.273 e. The Kier molecular flexibility index (Phi) is 3.19. The fourth-order valence-electron chi connectivity index (χ4n) is 2.48. The lowest BCUT2D eigenvalue weighted by molar-refractivity contribution is -0.113. The number of hydrogen-bond acceptors (Lipinski definition) is 1. The Balaban J connectivity index is 2.43. The first-order chi connectivity index (χ1) is 8.49. The van der Waals surface area contributed by atoms with Gasteiger partial charge in [-0.05, 0) is 54.5 Å². The highest BCUT2D eigenvalue weighted by Crippen LogP contribution is 2.36. The standard InChI is InChI=1S/C14H17N3O/c1-8-3-4-9(2)13-10(5-6-11(8)13)7-12(18)17-14(15)16/h3-4,7H,5-6H2,1-2H3,(H4,15,16,17,18)/b10-7-. The third-order valence-electron chi connectivity index (χ3n) is 3.26. The predicted molar refractivity (Wildman–Crippen MR) is 73.0 cm³/mol. The number of nitrogens with zero attached hydrogens (tertiary/aromatic N) is 1. The molecule has 4 N–H and O–H groups in total. The molecule has 0 radical (unpaired) electrons. The number of allylic oxidation sites excluding steroid dienone is 1. The Bertz CT molecular complexity index is 567. The molecule has 0 aromatic heterocycles. The summed E-state index contributed by atoms with van der Waals surface area (Å²) in [4.78, 5) is 15.1. The van der Waals surface area contributed by atoms with Crippen molar-refractivity contribution in [3.05, 3.63) is 40.5 Å². The molecule has 1 aliphatic carbocycles. The SMILES string of the molecule is Cc1ccc(C)c2c1CC/C2=C/C(=O)N=C(N)N. The van der Waals surface area contributed by atoms with Crippen LogP contribution in [0.3, 0.4) is 0 Å². The molecule has 1 aromatic carbocycles. The summed E-state index contributed by atoms with van der Waals surface area (Å²) in [5.74, 6) is -0.588. The number of amides is 1. The van der Waals surface area contributed by atoms with E-state index >= 15 is 0 Å². The van der Waals surface area contributed by atoms with Gasteiger partial charge in [-0.1, -0.05) is 12.1 Å². The minimum atomic E-state index is -0.390. The quantitative estimate of drug-likeness (QED) is 0.445. The first-order valence-corrected chi connectivity index (χ1v) is 5.92. The molecule has 0 bridgehead atoms. The van der Waals surface area contributed by atoms with Crippen molar-refractivity contribution in [2.75, 3.05) is 0 Å². The Morgan fingerprint density at radius 3 is 2.56 bits per heavy atom. The van der Waals surface area contributed by atoms with Gasteiger partial charge in [0.15, 0.2) is 5.96 Å². The van der Waals surface area contributed by atoms with Gasteiger partial charge >= 0.3 is 0 Å². The largest absolute Gasteiger partial charge is 0.370 e. The number of guanidine groups is 1. The number of benzene rings is 1. The van der Waals surface area contributed by atoms with Crippen LogP contribution in [0.2, 0.25) is 0 Å². The zero-order chi connectivity index (χ0) is 13.3. The normalized spacial score (nSPS) is 15.6. The van der Waals surface area contributed by atoms with Gasteiger partial charge < -0.3 is 11.5 Å². The van der Waals surface area contributed by atoms with Crippen LogP contribution in [0, 0.1) is 13.8 Å². The molecule has 0 unspecified atom stereocenters. The lowest BCUT2D eigenvalue weighted by atomic mass is 9.97. The third kappa shape index (κ3) is 2.27. The van der Waals surface area contributed by atoms with Crippen LogP contribution >= 0.6 is 0 Å². The van der Waals surface area contributed by atoms with E-state index in [1.165, 1.54) is 28.3 Å². The van der Waals surface area contributed by atoms with Gasteiger partial charge in [0.05, 0.1) is 0 Å². The summed E-state index contributed by atoms with van der Waals surface area (Å²) < 4.78 is 0. The van der Waals surface area contributed by atoms with E-state index < -0.39 is 5.91 Å². The van der Waals surface area contributed by atoms with Gasteiger partial charge in [-0.15, -0.1) is 0 Å². The van der Waals surface area contributed by atoms with Gasteiger partial charge in [0.25, 0.3) is 5.91 Å². The van der Waals surface area contributed by atoms with Crippen LogP contribution in [-0.2, 0) is 11.2 Å². The molecule has 0 atom stereocenters. The molecule has 0 aliphatic heterocycles. The van der Waals surface area contributed by atoms with Crippen molar-refractivity contribution >= 4 is 17.4 Å². The number of aliphatic imine (C=N–C) groups is 1. The molecular weight excluding hydrogens is 226 g/mol. The van der Waals surface area contributed by atoms with Gasteiger partial charge in [0.1, 0.15) is 0 Å². The second-order valence-electron chi connectivity index (χ2n) is 4.60. The fourth-order valence-corrected chi connectivity index (χ4v) is 2.48. The highest BCUT2D eigenvalue weighted by atomic mass is 16.1. The zero-order valence-electron chi connectivity index (χ0n) is 10.7. The molecule has 1 amide bonds. The van der Waals surface area contributed by atoms with Crippen molar-refractivity contribution in [2.45, 2.75) is 26.7 Å². The molecule has 4 nitrogen and oxygen atoms in total. The van der Waals surface area contributed by atoms with Crippen molar-refractivity contribution in [1.29, 1.82) is 0 Å². The number of nitrogens with two attached hydrogens (primary N) is 2. The van der Waals surface area contributed by atoms with Crippen LogP contribution in [0.1, 0.15) is 28.7 Å². The van der Waals surface area contributed by atoms with Crippen molar-refractivity contribution in [1.82, 2.24) is 0 Å². The molecule has 4 heteroatoms. The van der Waals surface area contributed by atoms with E-state index in [-0.39, 0.29) is 5.96 Å². The van der Waals surface area contributed by atoms with E-state index in [1.807, 2.05) is 0 Å². The Morgan fingerprint density at radius 2 is 1.89 bits per heavy atom. The lowest BCUT2D eigenvalue weighted by Crippen LogP contribution is -2.23. The number of fused-ring (bicyclic) bond motifs is 1. The summed E-state index contributed by atoms with van der Waals surface area (Å²) in [5, 5.41) is 0. The fraction of sp³-hybridized carbons (Fsp3) is 0.286. The summed E-state index contributed by atoms with van der Waals surface area (Å²) in [5.41, 5.74) is 16.4. The molecular formula is C14H17N3O. The van der Waals surface area contributed by atoms with Crippen LogP contribution in [0.5, 0.6) is 0 Å². The molecule has 94 valence electrons. The second kappa shape index (κ2) is 4.64. The monoisotopic (exact) mass is 243 g/mol. The molecule has 2 rings (SSSR count). The Labute approximate surface area is 106 Å². The summed E-state index contributed by atoms with van der Waals surface area (Å²) >= 11 is 0. The average molecular weight is 243 g/mol. The predicted octanol–water partition coefficient (Wildman–Crippen LogP) is 1.43. The molecule has 0 spiro atoms. The van der Waals surface area contributed by atoms with Gasteiger partial charge in [-0.25, -0.2) is 0 Å². The van der Waals surface area contributed by atoms with Crippen LogP contribution in [0.25, 0.3) is 5.57 Å². The maximum atomic E-state index is 11.6. The molecule has 18 heavy (non-hydrogen) atoms. The van der Waals surface area contributed by atoms with E-state index in [1.54, 1.807) is 0 Å². The Morgan fingerprint density at radius 1 is 1.22 bits per heavy atom. The van der Waals surface area contributed by atoms with E-state index in [4.69, 9.17) is 11.5 Å². The van der Waals surface area contributed by atoms with E-state index in [9.17, 15) is 4.79 Å². The molecule has 0 fully saturated rings. The Hall–Kier alpha value is -2.10. The number of hydrogen-bond donors (Lipinski definition) is 2. The average Bonchev–Trinajstić information content (AvgIpc) is 2.67. The zero-order valence-corrected chi connectivity index (χ0v) is 10.7. The van der Waals surface area contributed by atoms with Crippen molar-refractivity contribution in [2.24, 2.45) is 16.5 Å². The summed E-state index contributed by atoms with van der Waals surface area (Å²) in [6, 6.07) is 4.20. The van der Waals surface area contributed by atoms with Crippen LogP contribution in [-0.4, -0.2) is 11.9 Å². The number of rotatable bonds is 1. The highest BCUT2D eigenvalue weighted by molar-refractivity contribution is 6.02. The minimum absolute atomic E-state index is 0.198. The molecule has 0 heterocycles. The number of aryl methyl sites for hydroxylation is 2. The van der Waals surface area contributed by atoms with Crippen LogP contribution in [0.15, 0.2) is 23.2 Å². The molecule has 0 saturated heterocycles. The van der Waals surface area contributed by atoms with Gasteiger partial charge in [-0.2, -0.15) is 4.99 Å². The first-order valence-electron chi connectivity index (χ1n) is 5.92. The van der Waals surface area contributed by atoms with Crippen LogP contribution < -0.4 is 11.5 Å². The third-order valence-corrected chi connectivity index (χ3v) is 3.26. The van der Waals surface area contributed by atoms with Gasteiger partial charge in [-0.3, -0.25) is 4.79 Å². The lowest BCUT2D eigenvalue weighted by Gasteiger charge is -2.08. The minimum Gasteiger partial charge on any atom is -0.370 e.